The summed E-state index contributed by atoms with van der Waals surface area (Å²) in [6.07, 6.45) is 1.68. The molecule has 0 bridgehead atoms. The van der Waals surface area contributed by atoms with Gasteiger partial charge in [0, 0.05) is 10.6 Å². The Morgan fingerprint density at radius 1 is 1.12 bits per heavy atom. The molecule has 1 atom stereocenters. The molecule has 1 nitrogen and oxygen atoms in total. The largest absolute Gasteiger partial charge is 0.612 e. The Balaban J connectivity index is 2.59. The Labute approximate surface area is 117 Å². The molecule has 2 rings (SSSR count). The molecule has 1 unspecified atom stereocenters. The summed E-state index contributed by atoms with van der Waals surface area (Å²) in [6, 6.07) is 13.3. The smallest absolute Gasteiger partial charge is 0.174 e. The number of benzene rings is 2. The quantitative estimate of drug-likeness (QED) is 0.744. The monoisotopic (exact) mass is 328 g/mol. The van der Waals surface area contributed by atoms with E-state index in [1.807, 2.05) is 42.5 Å². The van der Waals surface area contributed by atoms with E-state index < -0.39 is 11.2 Å². The summed E-state index contributed by atoms with van der Waals surface area (Å²) in [5, 5.41) is 0.697. The Kier molecular flexibility index (Phi) is 4.15. The highest BCUT2D eigenvalue weighted by atomic mass is 79.9. The zero-order chi connectivity index (χ0) is 12.4. The van der Waals surface area contributed by atoms with Gasteiger partial charge in [-0.2, -0.15) is 0 Å². The van der Waals surface area contributed by atoms with Gasteiger partial charge >= 0.3 is 0 Å². The minimum absolute atomic E-state index is 0.697. The predicted octanol–water partition coefficient (Wildman–Crippen LogP) is 4.51. The summed E-state index contributed by atoms with van der Waals surface area (Å²) in [5.74, 6) is 0. The second-order valence-corrected chi connectivity index (χ2v) is 6.18. The van der Waals surface area contributed by atoms with Gasteiger partial charge in [-0.05, 0) is 56.9 Å². The van der Waals surface area contributed by atoms with Crippen LogP contribution in [0.15, 0.2) is 51.8 Å². The highest BCUT2D eigenvalue weighted by Crippen LogP contribution is 2.33. The molecule has 0 aromatic heterocycles. The molecule has 4 heteroatoms. The maximum atomic E-state index is 11.8. The van der Waals surface area contributed by atoms with Gasteiger partial charge in [0.05, 0.1) is 4.47 Å². The van der Waals surface area contributed by atoms with E-state index in [9.17, 15) is 4.55 Å². The lowest BCUT2D eigenvalue weighted by atomic mass is 10.1. The Morgan fingerprint density at radius 2 is 1.76 bits per heavy atom. The maximum absolute atomic E-state index is 11.8. The van der Waals surface area contributed by atoms with Gasteiger partial charge < -0.3 is 4.55 Å². The first kappa shape index (κ1) is 13.0. The van der Waals surface area contributed by atoms with Gasteiger partial charge in [-0.3, -0.25) is 0 Å². The lowest BCUT2D eigenvalue weighted by Crippen LogP contribution is -2.01. The van der Waals surface area contributed by atoms with E-state index >= 15 is 0 Å². The standard InChI is InChI=1S/C13H10BrClOS/c1-17(16)13-11(3-2-4-12(13)14)9-5-7-10(15)8-6-9/h2-8H,1H3. The van der Waals surface area contributed by atoms with Crippen molar-refractivity contribution in [2.75, 3.05) is 6.26 Å². The minimum Gasteiger partial charge on any atom is -0.612 e. The molecule has 0 saturated carbocycles. The van der Waals surface area contributed by atoms with Gasteiger partial charge in [0.1, 0.15) is 6.26 Å². The lowest BCUT2D eigenvalue weighted by Gasteiger charge is -2.12. The van der Waals surface area contributed by atoms with Gasteiger partial charge in [0.15, 0.2) is 4.90 Å². The maximum Gasteiger partial charge on any atom is 0.174 e. The molecule has 0 amide bonds. The summed E-state index contributed by atoms with van der Waals surface area (Å²) in [5.41, 5.74) is 1.98. The third-order valence-corrected chi connectivity index (χ3v) is 4.60. The van der Waals surface area contributed by atoms with Crippen molar-refractivity contribution >= 4 is 38.7 Å². The fraction of sp³-hybridized carbons (Fsp3) is 0.0769. The van der Waals surface area contributed by atoms with Crippen LogP contribution in [0.5, 0.6) is 0 Å². The Hall–Kier alpha value is -0.480. The van der Waals surface area contributed by atoms with Crippen LogP contribution in [0.1, 0.15) is 0 Å². The van der Waals surface area contributed by atoms with Crippen LogP contribution in [-0.4, -0.2) is 10.8 Å². The zero-order valence-corrected chi connectivity index (χ0v) is 12.3. The van der Waals surface area contributed by atoms with E-state index in [0.29, 0.717) is 5.02 Å². The molecule has 2 aromatic carbocycles. The molecule has 0 N–H and O–H groups in total. The van der Waals surface area contributed by atoms with Gasteiger partial charge in [-0.25, -0.2) is 0 Å². The van der Waals surface area contributed by atoms with Gasteiger partial charge in [0.2, 0.25) is 0 Å². The summed E-state index contributed by atoms with van der Waals surface area (Å²) in [4.78, 5) is 0.815. The fourth-order valence-electron chi connectivity index (χ4n) is 1.66. The molecule has 0 radical (unpaired) electrons. The molecular formula is C13H10BrClOS. The average molecular weight is 330 g/mol. The second-order valence-electron chi connectivity index (χ2n) is 3.58. The third kappa shape index (κ3) is 2.86. The first-order valence-electron chi connectivity index (χ1n) is 4.97. The van der Waals surface area contributed by atoms with Crippen LogP contribution in [-0.2, 0) is 11.2 Å². The first-order valence-corrected chi connectivity index (χ1v) is 7.70. The van der Waals surface area contributed by atoms with Crippen molar-refractivity contribution in [2.45, 2.75) is 4.90 Å². The lowest BCUT2D eigenvalue weighted by molar-refractivity contribution is 0.600. The number of hydrogen-bond acceptors (Lipinski definition) is 1. The van der Waals surface area contributed by atoms with Crippen molar-refractivity contribution in [1.82, 2.24) is 0 Å². The van der Waals surface area contributed by atoms with Crippen LogP contribution in [0.3, 0.4) is 0 Å². The van der Waals surface area contributed by atoms with E-state index in [0.717, 1.165) is 20.5 Å². The molecule has 2 aromatic rings. The van der Waals surface area contributed by atoms with Gasteiger partial charge in [-0.1, -0.05) is 29.8 Å². The summed E-state index contributed by atoms with van der Waals surface area (Å²) in [6.45, 7) is 0. The normalized spacial score (nSPS) is 12.5. The number of hydrogen-bond donors (Lipinski definition) is 0. The van der Waals surface area contributed by atoms with Gasteiger partial charge in [-0.15, -0.1) is 0 Å². The van der Waals surface area contributed by atoms with Crippen LogP contribution in [0.2, 0.25) is 5.02 Å². The Morgan fingerprint density at radius 3 is 2.35 bits per heavy atom. The predicted molar refractivity (Wildman–Crippen MR) is 76.9 cm³/mol. The van der Waals surface area contributed by atoms with Crippen LogP contribution in [0, 0.1) is 0 Å². The molecule has 0 saturated heterocycles. The van der Waals surface area contributed by atoms with Crippen molar-refractivity contribution in [3.63, 3.8) is 0 Å². The summed E-state index contributed by atoms with van der Waals surface area (Å²) in [7, 11) is 0. The van der Waals surface area contributed by atoms with Crippen molar-refractivity contribution in [1.29, 1.82) is 0 Å². The molecule has 0 fully saturated rings. The zero-order valence-electron chi connectivity index (χ0n) is 9.11. The van der Waals surface area contributed by atoms with E-state index in [-0.39, 0.29) is 0 Å². The summed E-state index contributed by atoms with van der Waals surface area (Å²) < 4.78 is 12.6. The van der Waals surface area contributed by atoms with E-state index in [1.54, 1.807) is 6.26 Å². The first-order chi connectivity index (χ1) is 8.09. The minimum atomic E-state index is -1.04. The summed E-state index contributed by atoms with van der Waals surface area (Å²) >= 11 is 8.27. The third-order valence-electron chi connectivity index (χ3n) is 2.41. The Bertz CT molecular complexity index is 525. The van der Waals surface area contributed by atoms with Gasteiger partial charge in [0.25, 0.3) is 0 Å². The van der Waals surface area contributed by atoms with Crippen molar-refractivity contribution in [3.8, 4) is 11.1 Å². The van der Waals surface area contributed by atoms with Crippen LogP contribution < -0.4 is 0 Å². The van der Waals surface area contributed by atoms with Crippen LogP contribution in [0.4, 0.5) is 0 Å². The number of halogens is 2. The van der Waals surface area contributed by atoms with E-state index in [1.165, 1.54) is 0 Å². The molecule has 0 aliphatic heterocycles. The molecule has 88 valence electrons. The fourth-order valence-corrected chi connectivity index (χ4v) is 3.67. The highest BCUT2D eigenvalue weighted by Gasteiger charge is 2.16. The second kappa shape index (κ2) is 5.44. The van der Waals surface area contributed by atoms with Crippen molar-refractivity contribution in [2.24, 2.45) is 0 Å². The van der Waals surface area contributed by atoms with Crippen LogP contribution in [0.25, 0.3) is 11.1 Å². The SMILES string of the molecule is C[S+]([O-])c1c(Br)cccc1-c1ccc(Cl)cc1. The van der Waals surface area contributed by atoms with E-state index in [2.05, 4.69) is 15.9 Å². The molecular weight excluding hydrogens is 320 g/mol. The molecule has 17 heavy (non-hydrogen) atoms. The molecule has 0 aliphatic carbocycles. The molecule has 0 heterocycles. The topological polar surface area (TPSA) is 23.1 Å². The van der Waals surface area contributed by atoms with Crippen LogP contribution >= 0.6 is 27.5 Å². The number of rotatable bonds is 2. The van der Waals surface area contributed by atoms with Crippen molar-refractivity contribution < 1.29 is 4.55 Å². The highest BCUT2D eigenvalue weighted by molar-refractivity contribution is 9.10. The van der Waals surface area contributed by atoms with Crippen molar-refractivity contribution in [3.05, 3.63) is 52.0 Å². The van der Waals surface area contributed by atoms with E-state index in [4.69, 9.17) is 11.6 Å². The molecule has 0 spiro atoms. The average Bonchev–Trinajstić information content (AvgIpc) is 2.29. The molecule has 0 aliphatic rings.